The first kappa shape index (κ1) is 15.8. The molecule has 0 bridgehead atoms. The van der Waals surface area contributed by atoms with E-state index in [9.17, 15) is 4.79 Å². The van der Waals surface area contributed by atoms with Crippen LogP contribution in [0, 0.1) is 0 Å². The first-order chi connectivity index (χ1) is 9.04. The van der Waals surface area contributed by atoms with Crippen molar-refractivity contribution < 1.29 is 14.3 Å². The normalized spacial score (nSPS) is 10.5. The lowest BCUT2D eigenvalue weighted by Crippen LogP contribution is -2.30. The van der Waals surface area contributed by atoms with Gasteiger partial charge in [0, 0.05) is 31.4 Å². The van der Waals surface area contributed by atoms with Gasteiger partial charge in [0.05, 0.1) is 13.2 Å². The Balaban J connectivity index is 2.47. The highest BCUT2D eigenvalue weighted by Crippen LogP contribution is 2.20. The molecule has 1 aromatic rings. The van der Waals surface area contributed by atoms with Gasteiger partial charge >= 0.3 is 0 Å². The Morgan fingerprint density at radius 1 is 1.42 bits per heavy atom. The maximum Gasteiger partial charge on any atom is 0.248 e. The molecule has 1 aromatic carbocycles. The number of amides is 1. The number of nitrogen functional groups attached to an aromatic ring is 1. The van der Waals surface area contributed by atoms with Crippen molar-refractivity contribution in [3.05, 3.63) is 28.8 Å². The van der Waals surface area contributed by atoms with Crippen LogP contribution in [-0.2, 0) is 20.8 Å². The molecule has 0 atom stereocenters. The third kappa shape index (κ3) is 5.46. The maximum atomic E-state index is 11.8. The molecule has 0 unspecified atom stereocenters. The number of carbonyl (C=O) groups is 1. The van der Waals surface area contributed by atoms with E-state index >= 15 is 0 Å². The van der Waals surface area contributed by atoms with Crippen LogP contribution in [0.1, 0.15) is 5.56 Å². The standard InChI is InChI=1S/C13H19ClN2O3/c1-16(13(17)9-19-6-5-18-2)8-10-7-11(15)3-4-12(10)14/h3-4,7H,5-6,8-9,15H2,1-2H3. The molecule has 6 heteroatoms. The van der Waals surface area contributed by atoms with Gasteiger partial charge in [-0.05, 0) is 23.8 Å². The molecule has 1 amide bonds. The predicted octanol–water partition coefficient (Wildman–Crippen LogP) is 1.54. The molecule has 2 N–H and O–H groups in total. The summed E-state index contributed by atoms with van der Waals surface area (Å²) >= 11 is 6.05. The number of benzene rings is 1. The lowest BCUT2D eigenvalue weighted by Gasteiger charge is -2.18. The Morgan fingerprint density at radius 2 is 2.16 bits per heavy atom. The summed E-state index contributed by atoms with van der Waals surface area (Å²) < 4.78 is 10.0. The molecule has 0 saturated carbocycles. The van der Waals surface area contributed by atoms with E-state index in [0.717, 1.165) is 5.56 Å². The number of ether oxygens (including phenoxy) is 2. The number of hydrogen-bond donors (Lipinski definition) is 1. The molecule has 0 aromatic heterocycles. The number of anilines is 1. The summed E-state index contributed by atoms with van der Waals surface area (Å²) in [6.45, 7) is 1.29. The van der Waals surface area contributed by atoms with Gasteiger partial charge in [0.25, 0.3) is 0 Å². The van der Waals surface area contributed by atoms with E-state index in [1.54, 1.807) is 37.3 Å². The molecule has 5 nitrogen and oxygen atoms in total. The number of rotatable bonds is 7. The van der Waals surface area contributed by atoms with E-state index in [0.29, 0.717) is 30.5 Å². The smallest absolute Gasteiger partial charge is 0.248 e. The zero-order chi connectivity index (χ0) is 14.3. The van der Waals surface area contributed by atoms with Gasteiger partial charge in [-0.1, -0.05) is 11.6 Å². The van der Waals surface area contributed by atoms with Crippen molar-refractivity contribution in [2.45, 2.75) is 6.54 Å². The van der Waals surface area contributed by atoms with Crippen LogP contribution in [0.2, 0.25) is 5.02 Å². The fourth-order valence-corrected chi connectivity index (χ4v) is 1.65. The monoisotopic (exact) mass is 286 g/mol. The van der Waals surface area contributed by atoms with Crippen LogP contribution in [0.25, 0.3) is 0 Å². The molecule has 0 aliphatic carbocycles. The third-order valence-electron chi connectivity index (χ3n) is 2.56. The number of nitrogens with two attached hydrogens (primary N) is 1. The van der Waals surface area contributed by atoms with E-state index in [1.165, 1.54) is 0 Å². The zero-order valence-electron chi connectivity index (χ0n) is 11.2. The molecule has 0 fully saturated rings. The van der Waals surface area contributed by atoms with Gasteiger partial charge in [-0.2, -0.15) is 0 Å². The number of nitrogens with zero attached hydrogens (tertiary/aromatic N) is 1. The van der Waals surface area contributed by atoms with E-state index < -0.39 is 0 Å². The molecule has 0 aliphatic rings. The minimum atomic E-state index is -0.116. The Morgan fingerprint density at radius 3 is 2.84 bits per heavy atom. The molecule has 19 heavy (non-hydrogen) atoms. The number of likely N-dealkylation sites (N-methyl/N-ethyl adjacent to an activating group) is 1. The number of hydrogen-bond acceptors (Lipinski definition) is 4. The number of halogens is 1. The summed E-state index contributed by atoms with van der Waals surface area (Å²) in [5.74, 6) is -0.116. The molecule has 0 saturated heterocycles. The highest BCUT2D eigenvalue weighted by molar-refractivity contribution is 6.31. The summed E-state index contributed by atoms with van der Waals surface area (Å²) in [7, 11) is 3.28. The molecule has 1 rings (SSSR count). The summed E-state index contributed by atoms with van der Waals surface area (Å²) in [5.41, 5.74) is 7.13. The first-order valence-corrected chi connectivity index (χ1v) is 6.27. The number of carbonyl (C=O) groups excluding carboxylic acids is 1. The maximum absolute atomic E-state index is 11.8. The van der Waals surface area contributed by atoms with E-state index in [4.69, 9.17) is 26.8 Å². The van der Waals surface area contributed by atoms with Crippen molar-refractivity contribution in [2.75, 3.05) is 39.7 Å². The molecule has 0 spiro atoms. The average Bonchev–Trinajstić information content (AvgIpc) is 2.38. The van der Waals surface area contributed by atoms with Crippen LogP contribution in [0.15, 0.2) is 18.2 Å². The predicted molar refractivity (Wildman–Crippen MR) is 75.0 cm³/mol. The minimum absolute atomic E-state index is 0.0276. The SMILES string of the molecule is COCCOCC(=O)N(C)Cc1cc(N)ccc1Cl. The van der Waals surface area contributed by atoms with E-state index in [-0.39, 0.29) is 12.5 Å². The Bertz CT molecular complexity index is 426. The van der Waals surface area contributed by atoms with Crippen molar-refractivity contribution in [1.29, 1.82) is 0 Å². The van der Waals surface area contributed by atoms with Gasteiger partial charge in [-0.25, -0.2) is 0 Å². The van der Waals surface area contributed by atoms with Gasteiger partial charge in [0.15, 0.2) is 0 Å². The fourth-order valence-electron chi connectivity index (χ4n) is 1.47. The van der Waals surface area contributed by atoms with Crippen LogP contribution in [0.3, 0.4) is 0 Å². The third-order valence-corrected chi connectivity index (χ3v) is 2.93. The topological polar surface area (TPSA) is 64.8 Å². The first-order valence-electron chi connectivity index (χ1n) is 5.89. The highest BCUT2D eigenvalue weighted by atomic mass is 35.5. The average molecular weight is 287 g/mol. The molecule has 0 heterocycles. The second-order valence-electron chi connectivity index (χ2n) is 4.15. The Kier molecular flexibility index (Phi) is 6.62. The van der Waals surface area contributed by atoms with Gasteiger partial charge in [-0.3, -0.25) is 4.79 Å². The summed E-state index contributed by atoms with van der Waals surface area (Å²) in [6.07, 6.45) is 0. The molecule has 106 valence electrons. The fraction of sp³-hybridized carbons (Fsp3) is 0.462. The molecule has 0 aliphatic heterocycles. The van der Waals surface area contributed by atoms with Crippen molar-refractivity contribution in [3.63, 3.8) is 0 Å². The van der Waals surface area contributed by atoms with Crippen molar-refractivity contribution >= 4 is 23.2 Å². The van der Waals surface area contributed by atoms with Crippen LogP contribution >= 0.6 is 11.6 Å². The van der Waals surface area contributed by atoms with Gasteiger partial charge in [-0.15, -0.1) is 0 Å². The van der Waals surface area contributed by atoms with Crippen molar-refractivity contribution in [2.24, 2.45) is 0 Å². The van der Waals surface area contributed by atoms with E-state index in [2.05, 4.69) is 0 Å². The molecular formula is C13H19ClN2O3. The van der Waals surface area contributed by atoms with Crippen LogP contribution < -0.4 is 5.73 Å². The van der Waals surface area contributed by atoms with Crippen LogP contribution in [0.4, 0.5) is 5.69 Å². The number of methoxy groups -OCH3 is 1. The minimum Gasteiger partial charge on any atom is -0.399 e. The summed E-state index contributed by atoms with van der Waals surface area (Å²) in [5, 5.41) is 0.592. The molecule has 0 radical (unpaired) electrons. The van der Waals surface area contributed by atoms with Crippen LogP contribution in [0.5, 0.6) is 0 Å². The quantitative estimate of drug-likeness (QED) is 0.610. The zero-order valence-corrected chi connectivity index (χ0v) is 11.9. The summed E-state index contributed by atoms with van der Waals surface area (Å²) in [6, 6.07) is 5.21. The second-order valence-corrected chi connectivity index (χ2v) is 4.55. The highest BCUT2D eigenvalue weighted by Gasteiger charge is 2.11. The summed E-state index contributed by atoms with van der Waals surface area (Å²) in [4.78, 5) is 13.3. The van der Waals surface area contributed by atoms with E-state index in [1.807, 2.05) is 0 Å². The largest absolute Gasteiger partial charge is 0.399 e. The van der Waals surface area contributed by atoms with Gasteiger partial charge < -0.3 is 20.1 Å². The molecular weight excluding hydrogens is 268 g/mol. The van der Waals surface area contributed by atoms with Gasteiger partial charge in [0.1, 0.15) is 6.61 Å². The lowest BCUT2D eigenvalue weighted by atomic mass is 10.2. The van der Waals surface area contributed by atoms with Gasteiger partial charge in [0.2, 0.25) is 5.91 Å². The Hall–Kier alpha value is -1.30. The van der Waals surface area contributed by atoms with Crippen molar-refractivity contribution in [3.8, 4) is 0 Å². The van der Waals surface area contributed by atoms with Crippen LogP contribution in [-0.4, -0.2) is 44.8 Å². The second kappa shape index (κ2) is 7.99. The van der Waals surface area contributed by atoms with Crippen molar-refractivity contribution in [1.82, 2.24) is 4.90 Å². The lowest BCUT2D eigenvalue weighted by molar-refractivity contribution is -0.135. The Labute approximate surface area is 118 Å².